The van der Waals surface area contributed by atoms with Gasteiger partial charge in [-0.05, 0) is 73.7 Å². The highest BCUT2D eigenvalue weighted by atomic mass is 19.4. The van der Waals surface area contributed by atoms with Gasteiger partial charge in [-0.3, -0.25) is 9.88 Å². The average Bonchev–Trinajstić information content (AvgIpc) is 2.90. The van der Waals surface area contributed by atoms with Crippen LogP contribution in [0.5, 0.6) is 0 Å². The maximum absolute atomic E-state index is 14.6. The van der Waals surface area contributed by atoms with E-state index in [0.29, 0.717) is 49.4 Å². The molecule has 13 heteroatoms. The minimum Gasteiger partial charge on any atom is -0.369 e. The second kappa shape index (κ2) is 12.0. The lowest BCUT2D eigenvalue weighted by molar-refractivity contribution is -0.376. The maximum Gasteiger partial charge on any atom is 0.430 e. The third kappa shape index (κ3) is 7.14. The molecule has 0 bridgehead atoms. The number of amides is 2. The molecule has 2 amide bonds. The first-order valence-corrected chi connectivity index (χ1v) is 12.7. The van der Waals surface area contributed by atoms with Crippen LogP contribution >= 0.6 is 0 Å². The Bertz CT molecular complexity index is 1310. The summed E-state index contributed by atoms with van der Waals surface area (Å²) in [6, 6.07) is 10.8. The molecule has 1 fully saturated rings. The fourth-order valence-corrected chi connectivity index (χ4v) is 4.79. The Morgan fingerprint density at radius 3 is 2.02 bits per heavy atom. The Kier molecular flexibility index (Phi) is 8.88. The Labute approximate surface area is 231 Å². The summed E-state index contributed by atoms with van der Waals surface area (Å²) in [5, 5.41) is 14.6. The summed E-state index contributed by atoms with van der Waals surface area (Å²) in [7, 11) is 0. The van der Waals surface area contributed by atoms with Crippen molar-refractivity contribution in [2.45, 2.75) is 43.8 Å². The molecule has 0 spiro atoms. The van der Waals surface area contributed by atoms with E-state index in [4.69, 9.17) is 0 Å². The van der Waals surface area contributed by atoms with Gasteiger partial charge in [0.1, 0.15) is 5.82 Å². The first kappa shape index (κ1) is 30.3. The lowest BCUT2D eigenvalue weighted by atomic mass is 9.89. The van der Waals surface area contributed by atoms with Crippen LogP contribution in [-0.4, -0.2) is 46.5 Å². The van der Waals surface area contributed by atoms with Gasteiger partial charge in [0, 0.05) is 30.2 Å². The fraction of sp³-hybridized carbons (Fsp3) is 0.357. The van der Waals surface area contributed by atoms with Crippen LogP contribution in [0.2, 0.25) is 0 Å². The van der Waals surface area contributed by atoms with Crippen molar-refractivity contribution in [3.05, 3.63) is 89.5 Å². The van der Waals surface area contributed by atoms with E-state index in [1.165, 1.54) is 24.5 Å². The summed E-state index contributed by atoms with van der Waals surface area (Å²) >= 11 is 0. The van der Waals surface area contributed by atoms with E-state index in [1.807, 2.05) is 4.90 Å². The normalized spacial score (nSPS) is 15.5. The molecule has 1 aliphatic rings. The number of urea groups is 1. The predicted molar refractivity (Wildman–Crippen MR) is 137 cm³/mol. The van der Waals surface area contributed by atoms with Gasteiger partial charge in [0.25, 0.3) is 5.60 Å². The Morgan fingerprint density at radius 2 is 1.46 bits per heavy atom. The lowest BCUT2D eigenvalue weighted by Gasteiger charge is -2.33. The van der Waals surface area contributed by atoms with Crippen LogP contribution in [0, 0.1) is 11.7 Å². The SMILES string of the molecule is O=C(Nc1ccncc1)Nc1ccc(CC2CCN(Cc3ccc(C(O)(C(F)(F)F)C(F)(F)F)cc3)CC2)cc1F. The van der Waals surface area contributed by atoms with E-state index in [2.05, 4.69) is 15.6 Å². The third-order valence-corrected chi connectivity index (χ3v) is 7.05. The molecule has 0 saturated carbocycles. The molecule has 0 radical (unpaired) electrons. The molecule has 3 aromatic rings. The van der Waals surface area contributed by atoms with Crippen molar-refractivity contribution in [1.29, 1.82) is 0 Å². The van der Waals surface area contributed by atoms with Gasteiger partial charge in [0.2, 0.25) is 0 Å². The zero-order valence-electron chi connectivity index (χ0n) is 21.6. The fourth-order valence-electron chi connectivity index (χ4n) is 4.79. The van der Waals surface area contributed by atoms with Crippen LogP contribution in [0.25, 0.3) is 0 Å². The molecule has 220 valence electrons. The minimum atomic E-state index is -5.93. The molecule has 0 atom stereocenters. The number of nitrogens with zero attached hydrogens (tertiary/aromatic N) is 2. The third-order valence-electron chi connectivity index (χ3n) is 7.05. The van der Waals surface area contributed by atoms with Crippen molar-refractivity contribution in [1.82, 2.24) is 9.88 Å². The molecule has 3 N–H and O–H groups in total. The molecule has 0 aliphatic carbocycles. The lowest BCUT2D eigenvalue weighted by Crippen LogP contribution is -2.53. The largest absolute Gasteiger partial charge is 0.430 e. The summed E-state index contributed by atoms with van der Waals surface area (Å²) in [5.74, 6) is -0.327. The average molecular weight is 585 g/mol. The number of benzene rings is 2. The molecule has 4 rings (SSSR count). The number of aliphatic hydroxyl groups is 1. The number of piperidine rings is 1. The second-order valence-corrected chi connectivity index (χ2v) is 9.96. The number of hydrogen-bond donors (Lipinski definition) is 3. The molecular formula is C28H27F7N4O2. The van der Waals surface area contributed by atoms with Crippen LogP contribution in [-0.2, 0) is 18.6 Å². The number of carbonyl (C=O) groups is 1. The van der Waals surface area contributed by atoms with E-state index in [0.717, 1.165) is 30.5 Å². The summed E-state index contributed by atoms with van der Waals surface area (Å²) in [6.45, 7) is 1.59. The van der Waals surface area contributed by atoms with Gasteiger partial charge in [-0.25, -0.2) is 9.18 Å². The minimum absolute atomic E-state index is 0.0325. The number of likely N-dealkylation sites (tertiary alicyclic amines) is 1. The molecule has 2 aromatic carbocycles. The topological polar surface area (TPSA) is 77.5 Å². The highest BCUT2D eigenvalue weighted by Crippen LogP contribution is 2.50. The van der Waals surface area contributed by atoms with E-state index in [1.54, 1.807) is 18.2 Å². The molecule has 0 unspecified atom stereocenters. The van der Waals surface area contributed by atoms with Crippen molar-refractivity contribution < 1.29 is 40.6 Å². The summed E-state index contributed by atoms with van der Waals surface area (Å²) < 4.78 is 93.2. The molecule has 1 aliphatic heterocycles. The Hall–Kier alpha value is -3.71. The number of carbonyl (C=O) groups excluding carboxylic acids is 1. The van der Waals surface area contributed by atoms with E-state index < -0.39 is 35.4 Å². The van der Waals surface area contributed by atoms with Gasteiger partial charge in [-0.1, -0.05) is 30.3 Å². The van der Waals surface area contributed by atoms with Crippen molar-refractivity contribution in [3.63, 3.8) is 0 Å². The predicted octanol–water partition coefficient (Wildman–Crippen LogP) is 6.63. The summed E-state index contributed by atoms with van der Waals surface area (Å²) in [6.07, 6.45) is -6.71. The Morgan fingerprint density at radius 1 is 0.878 bits per heavy atom. The van der Waals surface area contributed by atoms with E-state index in [-0.39, 0.29) is 11.6 Å². The molecule has 41 heavy (non-hydrogen) atoms. The molecule has 6 nitrogen and oxygen atoms in total. The van der Waals surface area contributed by atoms with Crippen LogP contribution in [0.3, 0.4) is 0 Å². The zero-order chi connectivity index (χ0) is 29.8. The Balaban J connectivity index is 1.28. The first-order chi connectivity index (χ1) is 19.3. The quantitative estimate of drug-likeness (QED) is 0.273. The van der Waals surface area contributed by atoms with Gasteiger partial charge in [0.15, 0.2) is 0 Å². The highest BCUT2D eigenvalue weighted by molar-refractivity contribution is 5.99. The van der Waals surface area contributed by atoms with E-state index in [9.17, 15) is 40.6 Å². The number of halogens is 7. The van der Waals surface area contributed by atoms with Gasteiger partial charge in [-0.15, -0.1) is 0 Å². The molecule has 1 saturated heterocycles. The van der Waals surface area contributed by atoms with Gasteiger partial charge in [0.05, 0.1) is 5.69 Å². The maximum atomic E-state index is 14.6. The monoisotopic (exact) mass is 584 g/mol. The number of alkyl halides is 6. The van der Waals surface area contributed by atoms with E-state index >= 15 is 0 Å². The number of aromatic nitrogens is 1. The zero-order valence-corrected chi connectivity index (χ0v) is 21.6. The number of hydrogen-bond acceptors (Lipinski definition) is 4. The molecule has 1 aromatic heterocycles. The number of anilines is 2. The summed E-state index contributed by atoms with van der Waals surface area (Å²) in [5.41, 5.74) is -4.42. The van der Waals surface area contributed by atoms with Gasteiger partial charge in [-0.2, -0.15) is 26.3 Å². The van der Waals surface area contributed by atoms with Crippen LogP contribution in [0.4, 0.5) is 46.9 Å². The molecular weight excluding hydrogens is 557 g/mol. The van der Waals surface area contributed by atoms with Crippen molar-refractivity contribution in [2.24, 2.45) is 5.92 Å². The highest BCUT2D eigenvalue weighted by Gasteiger charge is 2.71. The summed E-state index contributed by atoms with van der Waals surface area (Å²) in [4.78, 5) is 18.0. The number of rotatable bonds is 7. The van der Waals surface area contributed by atoms with Gasteiger partial charge >= 0.3 is 18.4 Å². The smallest absolute Gasteiger partial charge is 0.369 e. The molecule has 2 heterocycles. The van der Waals surface area contributed by atoms with Crippen molar-refractivity contribution in [2.75, 3.05) is 23.7 Å². The second-order valence-electron chi connectivity index (χ2n) is 9.96. The van der Waals surface area contributed by atoms with Gasteiger partial charge < -0.3 is 15.7 Å². The van der Waals surface area contributed by atoms with Crippen LogP contribution in [0.1, 0.15) is 29.5 Å². The first-order valence-electron chi connectivity index (χ1n) is 12.7. The van der Waals surface area contributed by atoms with Crippen LogP contribution < -0.4 is 10.6 Å². The number of nitrogens with one attached hydrogen (secondary N) is 2. The standard InChI is InChI=1S/C28H27F7N4O2/c29-23-16-20(3-6-24(23)38-25(40)37-22-7-11-36-12-8-22)15-18-9-13-39(14-10-18)17-19-1-4-21(5-2-19)26(41,27(30,31)32)28(33,34)35/h1-8,11-12,16,18,41H,9-10,13-15,17H2,(H2,36,37,38,40). The van der Waals surface area contributed by atoms with Crippen LogP contribution in [0.15, 0.2) is 67.0 Å². The number of pyridine rings is 1. The van der Waals surface area contributed by atoms with Crippen molar-refractivity contribution >= 4 is 17.4 Å². The van der Waals surface area contributed by atoms with Crippen molar-refractivity contribution in [3.8, 4) is 0 Å².